The average molecular weight is 255 g/mol. The summed E-state index contributed by atoms with van der Waals surface area (Å²) in [5.74, 6) is 0.835. The molecular formula is C16H33NO. The fraction of sp³-hybridized carbons (Fsp3) is 1.00. The van der Waals surface area contributed by atoms with Gasteiger partial charge in [0.1, 0.15) is 0 Å². The summed E-state index contributed by atoms with van der Waals surface area (Å²) in [6.45, 7) is 6.76. The van der Waals surface area contributed by atoms with E-state index >= 15 is 0 Å². The van der Waals surface area contributed by atoms with Crippen LogP contribution in [0.1, 0.15) is 78.6 Å². The van der Waals surface area contributed by atoms with Crippen LogP contribution >= 0.6 is 0 Å². The topological polar surface area (TPSA) is 35.2 Å². The third-order valence-corrected chi connectivity index (χ3v) is 4.40. The molecule has 0 aromatic carbocycles. The molecule has 0 aromatic rings. The monoisotopic (exact) mass is 255 g/mol. The van der Waals surface area contributed by atoms with E-state index < -0.39 is 0 Å². The third-order valence-electron chi connectivity index (χ3n) is 4.40. The maximum absolute atomic E-state index is 6.20. The van der Waals surface area contributed by atoms with Crippen molar-refractivity contribution in [3.8, 4) is 0 Å². The van der Waals surface area contributed by atoms with Crippen LogP contribution in [0.2, 0.25) is 0 Å². The molecule has 0 spiro atoms. The lowest BCUT2D eigenvalue weighted by Gasteiger charge is -2.35. The number of unbranched alkanes of at least 4 members (excludes halogenated alkanes) is 3. The van der Waals surface area contributed by atoms with Gasteiger partial charge in [0, 0.05) is 6.04 Å². The molecule has 0 aromatic heterocycles. The number of hydrogen-bond acceptors (Lipinski definition) is 2. The van der Waals surface area contributed by atoms with Crippen molar-refractivity contribution >= 4 is 0 Å². The van der Waals surface area contributed by atoms with Crippen LogP contribution < -0.4 is 5.73 Å². The smallest absolute Gasteiger partial charge is 0.0732 e. The second-order valence-corrected chi connectivity index (χ2v) is 6.09. The predicted octanol–water partition coefficient (Wildman–Crippen LogP) is 4.27. The lowest BCUT2D eigenvalue weighted by Crippen LogP contribution is -2.43. The van der Waals surface area contributed by atoms with Gasteiger partial charge in [0.15, 0.2) is 0 Å². The van der Waals surface area contributed by atoms with E-state index in [1.165, 1.54) is 51.4 Å². The van der Waals surface area contributed by atoms with Crippen LogP contribution in [0.4, 0.5) is 0 Å². The van der Waals surface area contributed by atoms with Crippen molar-refractivity contribution in [1.82, 2.24) is 0 Å². The number of hydrogen-bond donors (Lipinski definition) is 1. The van der Waals surface area contributed by atoms with E-state index in [0.717, 1.165) is 12.3 Å². The Kier molecular flexibility index (Phi) is 7.92. The summed E-state index contributed by atoms with van der Waals surface area (Å²) < 4.78 is 6.19. The van der Waals surface area contributed by atoms with Gasteiger partial charge in [-0.3, -0.25) is 0 Å². The minimum absolute atomic E-state index is 0.269. The Bertz CT molecular complexity index is 207. The maximum atomic E-state index is 6.20. The van der Waals surface area contributed by atoms with E-state index in [0.29, 0.717) is 12.2 Å². The molecule has 2 heteroatoms. The van der Waals surface area contributed by atoms with Crippen LogP contribution in [-0.4, -0.2) is 18.2 Å². The standard InChI is InChI=1S/C16H33NO/c1-4-6-7-8-9-13(3)18-16-12-14(5-2)10-11-15(16)17/h13-16H,4-12,17H2,1-3H3. The quantitative estimate of drug-likeness (QED) is 0.657. The lowest BCUT2D eigenvalue weighted by atomic mass is 9.83. The molecule has 1 aliphatic carbocycles. The van der Waals surface area contributed by atoms with Crippen LogP contribution in [-0.2, 0) is 4.74 Å². The summed E-state index contributed by atoms with van der Waals surface area (Å²) in [7, 11) is 0. The van der Waals surface area contributed by atoms with Gasteiger partial charge in [0.25, 0.3) is 0 Å². The van der Waals surface area contributed by atoms with E-state index in [4.69, 9.17) is 10.5 Å². The van der Waals surface area contributed by atoms with Gasteiger partial charge in [-0.2, -0.15) is 0 Å². The molecule has 4 unspecified atom stereocenters. The highest BCUT2D eigenvalue weighted by molar-refractivity contribution is 4.83. The first-order chi connectivity index (χ1) is 8.67. The number of nitrogens with two attached hydrogens (primary N) is 1. The van der Waals surface area contributed by atoms with Gasteiger partial charge in [-0.1, -0.05) is 46.0 Å². The Labute approximate surface area is 114 Å². The number of ether oxygens (including phenoxy) is 1. The third kappa shape index (κ3) is 5.71. The Morgan fingerprint density at radius 1 is 1.17 bits per heavy atom. The molecule has 108 valence electrons. The van der Waals surface area contributed by atoms with Crippen LogP contribution in [0.5, 0.6) is 0 Å². The van der Waals surface area contributed by atoms with Crippen LogP contribution in [0.25, 0.3) is 0 Å². The van der Waals surface area contributed by atoms with Crippen molar-refractivity contribution in [1.29, 1.82) is 0 Å². The Hall–Kier alpha value is -0.0800. The first-order valence-corrected chi connectivity index (χ1v) is 8.08. The van der Waals surface area contributed by atoms with Crippen molar-refractivity contribution in [3.63, 3.8) is 0 Å². The van der Waals surface area contributed by atoms with E-state index in [-0.39, 0.29) is 6.04 Å². The molecule has 1 aliphatic rings. The summed E-state index contributed by atoms with van der Waals surface area (Å²) in [4.78, 5) is 0. The normalized spacial score (nSPS) is 30.3. The van der Waals surface area contributed by atoms with Gasteiger partial charge in [-0.15, -0.1) is 0 Å². The van der Waals surface area contributed by atoms with Crippen molar-refractivity contribution in [2.75, 3.05) is 0 Å². The highest BCUT2D eigenvalue weighted by atomic mass is 16.5. The minimum atomic E-state index is 0.269. The summed E-state index contributed by atoms with van der Waals surface area (Å²) in [6, 6.07) is 0.269. The van der Waals surface area contributed by atoms with Crippen molar-refractivity contribution < 1.29 is 4.74 Å². The second kappa shape index (κ2) is 8.92. The molecule has 0 bridgehead atoms. The summed E-state index contributed by atoms with van der Waals surface area (Å²) in [6.07, 6.45) is 12.1. The Balaban J connectivity index is 2.22. The van der Waals surface area contributed by atoms with E-state index in [2.05, 4.69) is 20.8 Å². The van der Waals surface area contributed by atoms with E-state index in [1.807, 2.05) is 0 Å². The zero-order chi connectivity index (χ0) is 13.4. The molecule has 18 heavy (non-hydrogen) atoms. The SMILES string of the molecule is CCCCCCC(C)OC1CC(CC)CCC1N. The van der Waals surface area contributed by atoms with Crippen molar-refractivity contribution in [2.45, 2.75) is 96.8 Å². The second-order valence-electron chi connectivity index (χ2n) is 6.09. The van der Waals surface area contributed by atoms with Gasteiger partial charge in [-0.25, -0.2) is 0 Å². The molecule has 2 nitrogen and oxygen atoms in total. The summed E-state index contributed by atoms with van der Waals surface area (Å²) in [5.41, 5.74) is 6.20. The summed E-state index contributed by atoms with van der Waals surface area (Å²) in [5, 5.41) is 0. The zero-order valence-electron chi connectivity index (χ0n) is 12.7. The van der Waals surface area contributed by atoms with Crippen molar-refractivity contribution in [2.24, 2.45) is 11.7 Å². The Morgan fingerprint density at radius 3 is 2.61 bits per heavy atom. The van der Waals surface area contributed by atoms with E-state index in [1.54, 1.807) is 0 Å². The molecular weight excluding hydrogens is 222 g/mol. The lowest BCUT2D eigenvalue weighted by molar-refractivity contribution is -0.0466. The van der Waals surface area contributed by atoms with Crippen LogP contribution in [0, 0.1) is 5.92 Å². The molecule has 1 rings (SSSR count). The molecule has 0 radical (unpaired) electrons. The van der Waals surface area contributed by atoms with Gasteiger partial charge in [-0.05, 0) is 38.5 Å². The van der Waals surface area contributed by atoms with E-state index in [9.17, 15) is 0 Å². The average Bonchev–Trinajstić information content (AvgIpc) is 2.37. The van der Waals surface area contributed by atoms with Gasteiger partial charge in [0.05, 0.1) is 12.2 Å². The predicted molar refractivity (Wildman–Crippen MR) is 78.7 cm³/mol. The van der Waals surface area contributed by atoms with Crippen LogP contribution in [0.3, 0.4) is 0 Å². The van der Waals surface area contributed by atoms with Gasteiger partial charge >= 0.3 is 0 Å². The first kappa shape index (κ1) is 16.0. The highest BCUT2D eigenvalue weighted by Gasteiger charge is 2.28. The highest BCUT2D eigenvalue weighted by Crippen LogP contribution is 2.29. The molecule has 0 heterocycles. The zero-order valence-corrected chi connectivity index (χ0v) is 12.7. The fourth-order valence-corrected chi connectivity index (χ4v) is 2.99. The number of rotatable bonds is 8. The molecule has 1 fully saturated rings. The van der Waals surface area contributed by atoms with Crippen molar-refractivity contribution in [3.05, 3.63) is 0 Å². The van der Waals surface area contributed by atoms with Gasteiger partial charge < -0.3 is 10.5 Å². The molecule has 1 saturated carbocycles. The molecule has 4 atom stereocenters. The fourth-order valence-electron chi connectivity index (χ4n) is 2.99. The molecule has 2 N–H and O–H groups in total. The Morgan fingerprint density at radius 2 is 1.94 bits per heavy atom. The molecule has 0 aliphatic heterocycles. The maximum Gasteiger partial charge on any atom is 0.0732 e. The first-order valence-electron chi connectivity index (χ1n) is 8.08. The van der Waals surface area contributed by atoms with Crippen LogP contribution in [0.15, 0.2) is 0 Å². The molecule has 0 saturated heterocycles. The minimum Gasteiger partial charge on any atom is -0.374 e. The molecule has 0 amide bonds. The van der Waals surface area contributed by atoms with Gasteiger partial charge in [0.2, 0.25) is 0 Å². The summed E-state index contributed by atoms with van der Waals surface area (Å²) >= 11 is 0. The largest absolute Gasteiger partial charge is 0.374 e.